The van der Waals surface area contributed by atoms with Crippen LogP contribution in [0.5, 0.6) is 0 Å². The van der Waals surface area contributed by atoms with Gasteiger partial charge in [0.2, 0.25) is 0 Å². The molecule has 2 N–H and O–H groups in total. The lowest BCUT2D eigenvalue weighted by atomic mass is 9.72. The molecule has 120 valence electrons. The first-order valence-electron chi connectivity index (χ1n) is 6.83. The maximum atomic E-state index is 12.8. The first-order chi connectivity index (χ1) is 10.7. The molecule has 1 aliphatic rings. The summed E-state index contributed by atoms with van der Waals surface area (Å²) in [5.74, 6) is -3.27. The van der Waals surface area contributed by atoms with Crippen LogP contribution in [0.1, 0.15) is 24.2 Å². The number of Topliss-reactive ketones (excluding diaryl/α,β-unsaturated/α-hetero) is 2. The van der Waals surface area contributed by atoms with Gasteiger partial charge >= 0.3 is 0 Å². The third-order valence-electron chi connectivity index (χ3n) is 4.09. The number of non-ortho nitro benzene ring substituents is 1. The molecule has 2 unspecified atom stereocenters. The number of allylic oxidation sites excluding steroid dienone is 2. The number of carbonyl (C=O) groups is 2. The van der Waals surface area contributed by atoms with Crippen molar-refractivity contribution in [1.82, 2.24) is 0 Å². The summed E-state index contributed by atoms with van der Waals surface area (Å²) in [6.07, 6.45) is 2.33. The van der Waals surface area contributed by atoms with Gasteiger partial charge in [-0.3, -0.25) is 19.7 Å². The third-order valence-corrected chi connectivity index (χ3v) is 4.09. The maximum absolute atomic E-state index is 12.8. The average Bonchev–Trinajstić information content (AvgIpc) is 2.58. The molecule has 1 aliphatic carbocycles. The van der Waals surface area contributed by atoms with Gasteiger partial charge in [0.15, 0.2) is 17.3 Å². The maximum Gasteiger partial charge on any atom is 0.269 e. The lowest BCUT2D eigenvalue weighted by Gasteiger charge is -2.28. The zero-order valence-corrected chi connectivity index (χ0v) is 12.5. The Labute approximate surface area is 131 Å². The quantitative estimate of drug-likeness (QED) is 0.503. The van der Waals surface area contributed by atoms with Crippen molar-refractivity contribution >= 4 is 17.3 Å². The van der Waals surface area contributed by atoms with Crippen LogP contribution >= 0.6 is 0 Å². The minimum atomic E-state index is -1.28. The number of rotatable bonds is 3. The molecule has 0 saturated heterocycles. The van der Waals surface area contributed by atoms with E-state index in [1.807, 2.05) is 0 Å². The van der Waals surface area contributed by atoms with E-state index in [0.29, 0.717) is 0 Å². The summed E-state index contributed by atoms with van der Waals surface area (Å²) in [5.41, 5.74) is -1.22. The van der Waals surface area contributed by atoms with Gasteiger partial charge in [0, 0.05) is 17.7 Å². The van der Waals surface area contributed by atoms with E-state index in [-0.39, 0.29) is 11.3 Å². The smallest absolute Gasteiger partial charge is 0.269 e. The van der Waals surface area contributed by atoms with Crippen LogP contribution in [0.15, 0.2) is 47.9 Å². The normalized spacial score (nSPS) is 24.4. The predicted molar refractivity (Wildman–Crippen MR) is 81.1 cm³/mol. The van der Waals surface area contributed by atoms with Crippen LogP contribution in [-0.4, -0.2) is 26.7 Å². The highest BCUT2D eigenvalue weighted by Gasteiger charge is 2.40. The van der Waals surface area contributed by atoms with Crippen molar-refractivity contribution in [2.24, 2.45) is 11.3 Å². The molecular formula is C16H15NO6. The summed E-state index contributed by atoms with van der Waals surface area (Å²) < 4.78 is 0. The molecule has 0 bridgehead atoms. The molecule has 0 aliphatic heterocycles. The highest BCUT2D eigenvalue weighted by atomic mass is 16.6. The van der Waals surface area contributed by atoms with E-state index in [4.69, 9.17) is 0 Å². The zero-order chi connectivity index (χ0) is 17.4. The molecule has 0 heterocycles. The average molecular weight is 317 g/mol. The number of ketones is 2. The van der Waals surface area contributed by atoms with Gasteiger partial charge in [-0.1, -0.05) is 6.92 Å². The van der Waals surface area contributed by atoms with Crippen molar-refractivity contribution < 1.29 is 24.7 Å². The third kappa shape index (κ3) is 2.85. The van der Waals surface area contributed by atoms with Crippen molar-refractivity contribution in [2.45, 2.75) is 13.8 Å². The number of aliphatic hydroxyl groups excluding tert-OH is 2. The van der Waals surface area contributed by atoms with E-state index in [2.05, 4.69) is 0 Å². The number of nitrogens with zero attached hydrogens (tertiary/aromatic N) is 1. The first-order valence-corrected chi connectivity index (χ1v) is 6.83. The summed E-state index contributed by atoms with van der Waals surface area (Å²) in [6, 6.07) is 5.05. The summed E-state index contributed by atoms with van der Waals surface area (Å²) >= 11 is 0. The molecule has 1 aromatic carbocycles. The van der Waals surface area contributed by atoms with Gasteiger partial charge in [0.05, 0.1) is 10.3 Å². The van der Waals surface area contributed by atoms with E-state index >= 15 is 0 Å². The van der Waals surface area contributed by atoms with Crippen molar-refractivity contribution in [3.8, 4) is 0 Å². The molecule has 0 saturated carbocycles. The number of nitro benzene ring substituents is 1. The summed E-state index contributed by atoms with van der Waals surface area (Å²) in [7, 11) is 0. The van der Waals surface area contributed by atoms with Crippen LogP contribution in [0.4, 0.5) is 5.69 Å². The molecule has 0 amide bonds. The van der Waals surface area contributed by atoms with E-state index in [9.17, 15) is 29.9 Å². The minimum Gasteiger partial charge on any atom is -0.504 e. The number of nitro groups is 1. The van der Waals surface area contributed by atoms with Gasteiger partial charge in [-0.25, -0.2) is 0 Å². The molecule has 0 spiro atoms. The van der Waals surface area contributed by atoms with Gasteiger partial charge in [0.25, 0.3) is 11.5 Å². The Hall–Kier alpha value is -2.96. The Bertz CT molecular complexity index is 746. The predicted octanol–water partition coefficient (Wildman–Crippen LogP) is 2.89. The lowest BCUT2D eigenvalue weighted by Crippen LogP contribution is -2.32. The highest BCUT2D eigenvalue weighted by molar-refractivity contribution is 6.08. The van der Waals surface area contributed by atoms with Crippen LogP contribution in [0.3, 0.4) is 0 Å². The van der Waals surface area contributed by atoms with E-state index < -0.39 is 39.3 Å². The van der Waals surface area contributed by atoms with Crippen molar-refractivity contribution in [2.75, 3.05) is 0 Å². The van der Waals surface area contributed by atoms with Crippen LogP contribution in [0.25, 0.3) is 0 Å². The molecule has 23 heavy (non-hydrogen) atoms. The topological polar surface area (TPSA) is 118 Å². The fourth-order valence-corrected chi connectivity index (χ4v) is 2.42. The van der Waals surface area contributed by atoms with Gasteiger partial charge in [-0.05, 0) is 37.1 Å². The second-order valence-electron chi connectivity index (χ2n) is 5.62. The monoisotopic (exact) mass is 317 g/mol. The second-order valence-corrected chi connectivity index (χ2v) is 5.62. The molecule has 2 atom stereocenters. The molecule has 7 nitrogen and oxygen atoms in total. The summed E-state index contributed by atoms with van der Waals surface area (Å²) in [6.45, 7) is 3.15. The standard InChI is InChI=1S/C16H15NO6/c1-9-7-12(18)14(20)13(19)8-16(9,2)15(21)10-3-5-11(6-4-10)17(22)23/h3-9,18-19H,1-2H3. The molecule has 0 aromatic heterocycles. The fourth-order valence-electron chi connectivity index (χ4n) is 2.42. The van der Waals surface area contributed by atoms with Gasteiger partial charge in [0.1, 0.15) is 0 Å². The van der Waals surface area contributed by atoms with Gasteiger partial charge < -0.3 is 10.2 Å². The van der Waals surface area contributed by atoms with Crippen LogP contribution in [0, 0.1) is 21.4 Å². The number of carbonyl (C=O) groups excluding carboxylic acids is 2. The van der Waals surface area contributed by atoms with Gasteiger partial charge in [-0.15, -0.1) is 0 Å². The molecule has 0 fully saturated rings. The van der Waals surface area contributed by atoms with E-state index in [1.165, 1.54) is 37.3 Å². The first kappa shape index (κ1) is 16.4. The Morgan fingerprint density at radius 2 is 1.78 bits per heavy atom. The zero-order valence-electron chi connectivity index (χ0n) is 12.5. The Morgan fingerprint density at radius 1 is 1.22 bits per heavy atom. The lowest BCUT2D eigenvalue weighted by molar-refractivity contribution is -0.384. The largest absolute Gasteiger partial charge is 0.504 e. The Balaban J connectivity index is 2.47. The molecular weight excluding hydrogens is 302 g/mol. The van der Waals surface area contributed by atoms with Gasteiger partial charge in [-0.2, -0.15) is 0 Å². The minimum absolute atomic E-state index is 0.147. The van der Waals surface area contributed by atoms with E-state index in [0.717, 1.165) is 6.08 Å². The molecule has 0 radical (unpaired) electrons. The Morgan fingerprint density at radius 3 is 2.30 bits per heavy atom. The molecule has 2 rings (SSSR count). The molecule has 7 heteroatoms. The van der Waals surface area contributed by atoms with Crippen LogP contribution in [-0.2, 0) is 4.79 Å². The number of aliphatic hydroxyl groups is 2. The van der Waals surface area contributed by atoms with Crippen LogP contribution < -0.4 is 0 Å². The second kappa shape index (κ2) is 5.68. The molecule has 1 aromatic rings. The van der Waals surface area contributed by atoms with Crippen LogP contribution in [0.2, 0.25) is 0 Å². The van der Waals surface area contributed by atoms with Crippen molar-refractivity contribution in [3.05, 3.63) is 63.6 Å². The highest BCUT2D eigenvalue weighted by Crippen LogP contribution is 2.37. The van der Waals surface area contributed by atoms with E-state index in [1.54, 1.807) is 6.92 Å². The summed E-state index contributed by atoms with van der Waals surface area (Å²) in [4.78, 5) is 34.5. The van der Waals surface area contributed by atoms with Crippen molar-refractivity contribution in [3.63, 3.8) is 0 Å². The summed E-state index contributed by atoms with van der Waals surface area (Å²) in [5, 5.41) is 30.0. The van der Waals surface area contributed by atoms with Crippen molar-refractivity contribution in [1.29, 1.82) is 0 Å². The number of hydrogen-bond donors (Lipinski definition) is 2. The fraction of sp³-hybridized carbons (Fsp3) is 0.250. The Kier molecular flexibility index (Phi) is 4.05. The number of hydrogen-bond acceptors (Lipinski definition) is 6. The SMILES string of the molecule is CC1C=C(O)C(=O)C(O)=CC1(C)C(=O)c1ccc([N+](=O)[O-])cc1. The number of benzene rings is 1.